The van der Waals surface area contributed by atoms with Crippen molar-refractivity contribution in [3.63, 3.8) is 0 Å². The highest BCUT2D eigenvalue weighted by Crippen LogP contribution is 2.10. The second kappa shape index (κ2) is 3.87. The molecule has 0 spiro atoms. The fraction of sp³-hybridized carbons (Fsp3) is 0.111. The van der Waals surface area contributed by atoms with Crippen LogP contribution in [-0.2, 0) is 6.61 Å². The number of halogens is 1. The molecular weight excluding hydrogens is 185 g/mol. The van der Waals surface area contributed by atoms with Crippen molar-refractivity contribution in [2.45, 2.75) is 6.61 Å². The summed E-state index contributed by atoms with van der Waals surface area (Å²) < 4.78 is 17.8. The van der Waals surface area contributed by atoms with Crippen molar-refractivity contribution in [3.8, 4) is 5.88 Å². The third-order valence-electron chi connectivity index (χ3n) is 1.69. The maximum Gasteiger partial charge on any atom is 0.295 e. The summed E-state index contributed by atoms with van der Waals surface area (Å²) in [6, 6.07) is 9.45. The first-order chi connectivity index (χ1) is 6.86. The smallest absolute Gasteiger partial charge is 0.295 e. The minimum atomic E-state index is -0.721. The quantitative estimate of drug-likeness (QED) is 0.804. The Labute approximate surface area is 79.7 Å². The Kier molecular flexibility index (Phi) is 2.40. The third kappa shape index (κ3) is 1.87. The highest BCUT2D eigenvalue weighted by Gasteiger charge is 2.07. The van der Waals surface area contributed by atoms with Crippen LogP contribution in [0.25, 0.3) is 0 Å². The molecule has 1 N–H and O–H groups in total. The number of nitrogens with zero attached hydrogens (tertiary/aromatic N) is 2. The van der Waals surface area contributed by atoms with Gasteiger partial charge in [-0.15, -0.1) is 10.2 Å². The molecule has 4 nitrogen and oxygen atoms in total. The zero-order valence-corrected chi connectivity index (χ0v) is 7.27. The van der Waals surface area contributed by atoms with Crippen LogP contribution in [-0.4, -0.2) is 15.4 Å². The summed E-state index contributed by atoms with van der Waals surface area (Å²) in [5.41, 5.74) is 0.954. The highest BCUT2D eigenvalue weighted by molar-refractivity contribution is 5.14. The summed E-state index contributed by atoms with van der Waals surface area (Å²) in [6.07, 6.45) is 0. The molecule has 5 heteroatoms. The Morgan fingerprint density at radius 1 is 1.21 bits per heavy atom. The van der Waals surface area contributed by atoms with Gasteiger partial charge < -0.3 is 4.74 Å². The zero-order chi connectivity index (χ0) is 9.80. The van der Waals surface area contributed by atoms with E-state index in [0.29, 0.717) is 0 Å². The Morgan fingerprint density at radius 3 is 2.64 bits per heavy atom. The summed E-state index contributed by atoms with van der Waals surface area (Å²) in [5.74, 6) is -0.824. The van der Waals surface area contributed by atoms with Gasteiger partial charge in [-0.3, -0.25) is 0 Å². The second-order valence-corrected chi connectivity index (χ2v) is 2.69. The van der Waals surface area contributed by atoms with Crippen LogP contribution in [0.15, 0.2) is 30.3 Å². The molecule has 0 fully saturated rings. The highest BCUT2D eigenvalue weighted by atomic mass is 19.1. The summed E-state index contributed by atoms with van der Waals surface area (Å²) in [5, 5.41) is 8.83. The van der Waals surface area contributed by atoms with E-state index in [4.69, 9.17) is 4.74 Å². The lowest BCUT2D eigenvalue weighted by Crippen LogP contribution is -1.96. The van der Waals surface area contributed by atoms with Gasteiger partial charge in [0.25, 0.3) is 11.8 Å². The van der Waals surface area contributed by atoms with E-state index in [-0.39, 0.29) is 12.5 Å². The SMILES string of the molecule is Fc1n[nH]nc1OCc1ccccc1. The van der Waals surface area contributed by atoms with Gasteiger partial charge in [-0.1, -0.05) is 30.3 Å². The molecule has 14 heavy (non-hydrogen) atoms. The molecule has 0 atom stereocenters. The topological polar surface area (TPSA) is 50.8 Å². The van der Waals surface area contributed by atoms with Gasteiger partial charge in [-0.25, -0.2) is 0 Å². The number of aromatic amines is 1. The molecule has 2 rings (SSSR count). The zero-order valence-electron chi connectivity index (χ0n) is 7.27. The molecule has 1 aromatic heterocycles. The third-order valence-corrected chi connectivity index (χ3v) is 1.69. The first kappa shape index (κ1) is 8.68. The molecule has 0 aliphatic heterocycles. The average Bonchev–Trinajstić information content (AvgIpc) is 2.63. The molecule has 0 amide bonds. The van der Waals surface area contributed by atoms with Crippen LogP contribution in [0.3, 0.4) is 0 Å². The van der Waals surface area contributed by atoms with E-state index in [9.17, 15) is 4.39 Å². The van der Waals surface area contributed by atoms with Crippen molar-refractivity contribution in [2.75, 3.05) is 0 Å². The molecule has 0 saturated carbocycles. The molecule has 0 unspecified atom stereocenters. The average molecular weight is 193 g/mol. The molecule has 0 saturated heterocycles. The van der Waals surface area contributed by atoms with Crippen molar-refractivity contribution < 1.29 is 9.13 Å². The van der Waals surface area contributed by atoms with E-state index in [1.807, 2.05) is 30.3 Å². The van der Waals surface area contributed by atoms with Crippen molar-refractivity contribution in [3.05, 3.63) is 41.8 Å². The minimum Gasteiger partial charge on any atom is -0.468 e. The van der Waals surface area contributed by atoms with Crippen molar-refractivity contribution in [1.82, 2.24) is 15.4 Å². The maximum atomic E-state index is 12.7. The van der Waals surface area contributed by atoms with Gasteiger partial charge >= 0.3 is 0 Å². The number of rotatable bonds is 3. The molecule has 0 radical (unpaired) electrons. The molecule has 1 heterocycles. The van der Waals surface area contributed by atoms with Gasteiger partial charge in [0.15, 0.2) is 0 Å². The molecule has 72 valence electrons. The van der Waals surface area contributed by atoms with Crippen LogP contribution in [0.4, 0.5) is 4.39 Å². The van der Waals surface area contributed by atoms with Gasteiger partial charge in [0.1, 0.15) is 6.61 Å². The summed E-state index contributed by atoms with van der Waals surface area (Å²) in [4.78, 5) is 0. The Balaban J connectivity index is 1.99. The Hall–Kier alpha value is -1.91. The Morgan fingerprint density at radius 2 is 2.00 bits per heavy atom. The van der Waals surface area contributed by atoms with E-state index in [0.717, 1.165) is 5.56 Å². The van der Waals surface area contributed by atoms with Gasteiger partial charge in [0, 0.05) is 0 Å². The second-order valence-electron chi connectivity index (χ2n) is 2.69. The fourth-order valence-electron chi connectivity index (χ4n) is 1.03. The number of benzene rings is 1. The van der Waals surface area contributed by atoms with E-state index < -0.39 is 5.95 Å². The lowest BCUT2D eigenvalue weighted by atomic mass is 10.2. The number of aromatic nitrogens is 3. The van der Waals surface area contributed by atoms with Crippen molar-refractivity contribution >= 4 is 0 Å². The number of nitrogens with one attached hydrogen (secondary N) is 1. The van der Waals surface area contributed by atoms with Crippen LogP contribution in [0.5, 0.6) is 5.88 Å². The number of hydrogen-bond donors (Lipinski definition) is 1. The standard InChI is InChI=1S/C9H8FN3O/c10-8-9(12-13-11-8)14-6-7-4-2-1-3-5-7/h1-5H,6H2,(H,11,12,13). The molecule has 1 aromatic carbocycles. The van der Waals surface area contributed by atoms with Crippen LogP contribution < -0.4 is 4.74 Å². The normalized spacial score (nSPS) is 10.1. The van der Waals surface area contributed by atoms with Gasteiger partial charge in [0.2, 0.25) is 0 Å². The lowest BCUT2D eigenvalue weighted by molar-refractivity contribution is 0.277. The van der Waals surface area contributed by atoms with E-state index in [2.05, 4.69) is 15.4 Å². The van der Waals surface area contributed by atoms with Gasteiger partial charge in [-0.2, -0.15) is 9.60 Å². The first-order valence-electron chi connectivity index (χ1n) is 4.09. The predicted octanol–water partition coefficient (Wildman–Crippen LogP) is 1.52. The van der Waals surface area contributed by atoms with E-state index in [1.165, 1.54) is 0 Å². The van der Waals surface area contributed by atoms with Crippen LogP contribution >= 0.6 is 0 Å². The monoisotopic (exact) mass is 193 g/mol. The molecular formula is C9H8FN3O. The number of hydrogen-bond acceptors (Lipinski definition) is 3. The van der Waals surface area contributed by atoms with Crippen LogP contribution in [0.1, 0.15) is 5.56 Å². The van der Waals surface area contributed by atoms with E-state index >= 15 is 0 Å². The maximum absolute atomic E-state index is 12.7. The number of ether oxygens (including phenoxy) is 1. The summed E-state index contributed by atoms with van der Waals surface area (Å²) in [6.45, 7) is 0.282. The predicted molar refractivity (Wildman–Crippen MR) is 47.1 cm³/mol. The molecule has 0 bridgehead atoms. The van der Waals surface area contributed by atoms with E-state index in [1.54, 1.807) is 0 Å². The largest absolute Gasteiger partial charge is 0.468 e. The minimum absolute atomic E-state index is 0.103. The molecule has 0 aliphatic rings. The first-order valence-corrected chi connectivity index (χ1v) is 4.09. The Bertz CT molecular complexity index is 401. The number of H-pyrrole nitrogens is 1. The summed E-state index contributed by atoms with van der Waals surface area (Å²) >= 11 is 0. The van der Waals surface area contributed by atoms with Gasteiger partial charge in [-0.05, 0) is 5.56 Å². The lowest BCUT2D eigenvalue weighted by Gasteiger charge is -2.01. The molecule has 0 aliphatic carbocycles. The van der Waals surface area contributed by atoms with Crippen LogP contribution in [0, 0.1) is 5.95 Å². The molecule has 2 aromatic rings. The van der Waals surface area contributed by atoms with Crippen LogP contribution in [0.2, 0.25) is 0 Å². The van der Waals surface area contributed by atoms with Crippen molar-refractivity contribution in [1.29, 1.82) is 0 Å². The van der Waals surface area contributed by atoms with Gasteiger partial charge in [0.05, 0.1) is 0 Å². The fourth-order valence-corrected chi connectivity index (χ4v) is 1.03. The van der Waals surface area contributed by atoms with Crippen molar-refractivity contribution in [2.24, 2.45) is 0 Å². The summed E-state index contributed by atoms with van der Waals surface area (Å²) in [7, 11) is 0.